The Balaban J connectivity index is 1.54. The summed E-state index contributed by atoms with van der Waals surface area (Å²) in [5.41, 5.74) is 1.87. The molecule has 0 radical (unpaired) electrons. The van der Waals surface area contributed by atoms with E-state index in [9.17, 15) is 13.2 Å². The summed E-state index contributed by atoms with van der Waals surface area (Å²) < 4.78 is 28.2. The predicted octanol–water partition coefficient (Wildman–Crippen LogP) is 2.10. The molecule has 0 saturated carbocycles. The van der Waals surface area contributed by atoms with Gasteiger partial charge in [-0.25, -0.2) is 8.42 Å². The first-order valence-corrected chi connectivity index (χ1v) is 12.0. The van der Waals surface area contributed by atoms with Crippen LogP contribution in [0.25, 0.3) is 0 Å². The summed E-state index contributed by atoms with van der Waals surface area (Å²) in [6.45, 7) is 6.52. The zero-order valence-corrected chi connectivity index (χ0v) is 19.1. The Morgan fingerprint density at radius 2 is 1.79 bits per heavy atom. The van der Waals surface area contributed by atoms with E-state index < -0.39 is 10.0 Å². The highest BCUT2D eigenvalue weighted by molar-refractivity contribution is 9.10. The number of piperazine rings is 1. The number of hydrogen-bond donors (Lipinski definition) is 2. The third kappa shape index (κ3) is 5.66. The van der Waals surface area contributed by atoms with E-state index in [4.69, 9.17) is 0 Å². The van der Waals surface area contributed by atoms with E-state index in [0.717, 1.165) is 20.6 Å². The summed E-state index contributed by atoms with van der Waals surface area (Å²) in [5, 5.41) is 2.89. The first-order chi connectivity index (χ1) is 13.8. The van der Waals surface area contributed by atoms with E-state index in [0.29, 0.717) is 43.5 Å². The predicted molar refractivity (Wildman–Crippen MR) is 118 cm³/mol. The summed E-state index contributed by atoms with van der Waals surface area (Å²) in [6, 6.07) is 14.6. The lowest BCUT2D eigenvalue weighted by atomic mass is 10.0. The van der Waals surface area contributed by atoms with E-state index >= 15 is 0 Å². The first-order valence-electron chi connectivity index (χ1n) is 9.75. The van der Waals surface area contributed by atoms with E-state index in [1.165, 1.54) is 4.31 Å². The lowest BCUT2D eigenvalue weighted by molar-refractivity contribution is -0.895. The van der Waals surface area contributed by atoms with Gasteiger partial charge in [0.05, 0.1) is 31.1 Å². The van der Waals surface area contributed by atoms with Gasteiger partial charge in [-0.2, -0.15) is 4.31 Å². The number of rotatable bonds is 6. The maximum absolute atomic E-state index is 12.9. The van der Waals surface area contributed by atoms with Crippen molar-refractivity contribution < 1.29 is 18.1 Å². The Labute approximate surface area is 181 Å². The highest BCUT2D eigenvalue weighted by Gasteiger charge is 2.31. The summed E-state index contributed by atoms with van der Waals surface area (Å²) in [6.07, 6.45) is 0. The Morgan fingerprint density at radius 3 is 2.38 bits per heavy atom. The van der Waals surface area contributed by atoms with Crippen LogP contribution in [0.15, 0.2) is 57.9 Å². The fourth-order valence-corrected chi connectivity index (χ4v) is 5.23. The van der Waals surface area contributed by atoms with Crippen molar-refractivity contribution >= 4 is 37.5 Å². The van der Waals surface area contributed by atoms with Crippen LogP contribution in [0.3, 0.4) is 0 Å². The smallest absolute Gasteiger partial charge is 0.279 e. The van der Waals surface area contributed by atoms with Gasteiger partial charge in [-0.05, 0) is 41.8 Å². The van der Waals surface area contributed by atoms with Crippen molar-refractivity contribution in [2.24, 2.45) is 0 Å². The molecule has 2 aromatic carbocycles. The molecule has 0 unspecified atom stereocenters. The molecule has 6 nitrogen and oxygen atoms in total. The lowest BCUT2D eigenvalue weighted by Crippen LogP contribution is -3.15. The van der Waals surface area contributed by atoms with E-state index in [2.05, 4.69) is 35.1 Å². The van der Waals surface area contributed by atoms with Gasteiger partial charge in [-0.1, -0.05) is 48.0 Å². The van der Waals surface area contributed by atoms with Crippen LogP contribution in [-0.4, -0.2) is 51.4 Å². The minimum absolute atomic E-state index is 0.0707. The van der Waals surface area contributed by atoms with E-state index in [1.54, 1.807) is 12.1 Å². The summed E-state index contributed by atoms with van der Waals surface area (Å²) >= 11 is 3.39. The second kappa shape index (κ2) is 9.38. The number of carbonyl (C=O) groups excluding carboxylic acids is 1. The molecule has 0 atom stereocenters. The molecule has 1 amide bonds. The molecule has 3 rings (SSSR count). The third-order valence-electron chi connectivity index (χ3n) is 5.13. The zero-order valence-electron chi connectivity index (χ0n) is 16.7. The number of sulfonamides is 1. The number of anilines is 1. The quantitative estimate of drug-likeness (QED) is 0.664. The fraction of sp³-hybridized carbons (Fsp3) is 0.381. The maximum atomic E-state index is 12.9. The second-order valence-corrected chi connectivity index (χ2v) is 10.5. The van der Waals surface area contributed by atoms with Crippen LogP contribution in [0.2, 0.25) is 0 Å². The molecule has 0 spiro atoms. The highest BCUT2D eigenvalue weighted by atomic mass is 79.9. The molecular formula is C21H27BrN3O3S+. The van der Waals surface area contributed by atoms with E-state index in [1.807, 2.05) is 36.4 Å². The standard InChI is InChI=1S/C21H26BrN3O3S/c1-16(2)17-6-8-20(9-7-17)29(27,28)25-12-10-24(11-13-25)15-21(26)23-19-5-3-4-18(22)14-19/h3-9,14,16H,10-13,15H2,1-2H3,(H,23,26)/p+1. The Hall–Kier alpha value is -1.74. The number of benzene rings is 2. The monoisotopic (exact) mass is 480 g/mol. The fourth-order valence-electron chi connectivity index (χ4n) is 3.39. The molecule has 1 aliphatic heterocycles. The van der Waals surface area contributed by atoms with Crippen molar-refractivity contribution in [3.8, 4) is 0 Å². The van der Waals surface area contributed by atoms with Crippen LogP contribution in [0.5, 0.6) is 0 Å². The topological polar surface area (TPSA) is 70.9 Å². The van der Waals surface area contributed by atoms with Gasteiger partial charge in [0.15, 0.2) is 6.54 Å². The Kier molecular flexibility index (Phi) is 7.10. The number of carbonyl (C=O) groups is 1. The molecule has 2 aromatic rings. The largest absolute Gasteiger partial charge is 0.325 e. The molecule has 156 valence electrons. The minimum Gasteiger partial charge on any atom is -0.325 e. The number of quaternary nitrogens is 1. The summed E-state index contributed by atoms with van der Waals surface area (Å²) in [5.74, 6) is 0.292. The minimum atomic E-state index is -3.50. The number of amides is 1. The van der Waals surface area contributed by atoms with Crippen molar-refractivity contribution in [3.63, 3.8) is 0 Å². The third-order valence-corrected chi connectivity index (χ3v) is 7.54. The highest BCUT2D eigenvalue weighted by Crippen LogP contribution is 2.20. The maximum Gasteiger partial charge on any atom is 0.279 e. The first kappa shape index (κ1) is 22.0. The number of halogens is 1. The molecule has 0 aromatic heterocycles. The molecule has 29 heavy (non-hydrogen) atoms. The summed E-state index contributed by atoms with van der Waals surface area (Å²) in [4.78, 5) is 13.7. The van der Waals surface area contributed by atoms with Crippen molar-refractivity contribution in [3.05, 3.63) is 58.6 Å². The normalized spacial score (nSPS) is 16.1. The average molecular weight is 481 g/mol. The lowest BCUT2D eigenvalue weighted by Gasteiger charge is -2.31. The van der Waals surface area contributed by atoms with Crippen molar-refractivity contribution in [1.29, 1.82) is 0 Å². The van der Waals surface area contributed by atoms with Crippen molar-refractivity contribution in [2.75, 3.05) is 38.0 Å². The van der Waals surface area contributed by atoms with Gasteiger partial charge < -0.3 is 10.2 Å². The van der Waals surface area contributed by atoms with Gasteiger partial charge in [0.1, 0.15) is 0 Å². The Morgan fingerprint density at radius 1 is 1.14 bits per heavy atom. The van der Waals surface area contributed by atoms with Crippen LogP contribution in [0.4, 0.5) is 5.69 Å². The number of nitrogens with zero attached hydrogens (tertiary/aromatic N) is 1. The van der Waals surface area contributed by atoms with Crippen LogP contribution < -0.4 is 10.2 Å². The molecular weight excluding hydrogens is 454 g/mol. The Bertz CT molecular complexity index is 953. The van der Waals surface area contributed by atoms with Crippen LogP contribution in [-0.2, 0) is 14.8 Å². The second-order valence-electron chi connectivity index (χ2n) is 7.61. The molecule has 8 heteroatoms. The van der Waals surface area contributed by atoms with Crippen LogP contribution in [0.1, 0.15) is 25.3 Å². The molecule has 2 N–H and O–H groups in total. The molecule has 0 bridgehead atoms. The van der Waals surface area contributed by atoms with Gasteiger partial charge in [0.25, 0.3) is 5.91 Å². The van der Waals surface area contributed by atoms with Gasteiger partial charge in [-0.15, -0.1) is 0 Å². The number of nitrogens with one attached hydrogen (secondary N) is 2. The molecule has 1 saturated heterocycles. The van der Waals surface area contributed by atoms with Gasteiger partial charge >= 0.3 is 0 Å². The van der Waals surface area contributed by atoms with Gasteiger partial charge in [0, 0.05) is 10.2 Å². The van der Waals surface area contributed by atoms with Gasteiger partial charge in [-0.3, -0.25) is 4.79 Å². The molecule has 0 aliphatic carbocycles. The van der Waals surface area contributed by atoms with Gasteiger partial charge in [0.2, 0.25) is 10.0 Å². The average Bonchev–Trinajstić information content (AvgIpc) is 2.68. The SMILES string of the molecule is CC(C)c1ccc(S(=O)(=O)N2CC[NH+](CC(=O)Nc3cccc(Br)c3)CC2)cc1. The number of hydrogen-bond acceptors (Lipinski definition) is 3. The van der Waals surface area contributed by atoms with Crippen LogP contribution in [0, 0.1) is 0 Å². The molecule has 1 aliphatic rings. The van der Waals surface area contributed by atoms with E-state index in [-0.39, 0.29) is 5.91 Å². The van der Waals surface area contributed by atoms with Crippen molar-refractivity contribution in [2.45, 2.75) is 24.7 Å². The molecule has 1 fully saturated rings. The molecule has 1 heterocycles. The van der Waals surface area contributed by atoms with Crippen molar-refractivity contribution in [1.82, 2.24) is 4.31 Å². The van der Waals surface area contributed by atoms with Crippen LogP contribution >= 0.6 is 15.9 Å². The summed E-state index contributed by atoms with van der Waals surface area (Å²) in [7, 11) is -3.50. The zero-order chi connectivity index (χ0) is 21.0.